The largest absolute Gasteiger partial charge is 0.500 e. The van der Waals surface area contributed by atoms with Gasteiger partial charge in [0, 0.05) is 11.6 Å². The van der Waals surface area contributed by atoms with Crippen molar-refractivity contribution < 1.29 is 33.8 Å². The smallest absolute Gasteiger partial charge is 0.408 e. The number of hydrogen-bond donors (Lipinski definition) is 3. The molecule has 0 aliphatic rings. The van der Waals surface area contributed by atoms with Crippen LogP contribution < -0.4 is 15.5 Å². The Hall–Kier alpha value is -4.19. The van der Waals surface area contributed by atoms with E-state index >= 15 is 0 Å². The van der Waals surface area contributed by atoms with Gasteiger partial charge in [-0.25, -0.2) is 10.2 Å². The SMILES string of the molecule is COc1cc(/C=N\NC(=O)[C@H](COCc2ccccc2)NC(=O)OC(C)(C)C)cc([N+](=O)[O-])c1O. The Labute approximate surface area is 202 Å². The Kier molecular flexibility index (Phi) is 9.53. The van der Waals surface area contributed by atoms with Gasteiger partial charge in [-0.1, -0.05) is 30.3 Å². The van der Waals surface area contributed by atoms with Gasteiger partial charge in [0.05, 0.1) is 31.5 Å². The highest BCUT2D eigenvalue weighted by atomic mass is 16.6. The maximum absolute atomic E-state index is 12.7. The number of nitro benzene ring substituents is 1. The second-order valence-corrected chi connectivity index (χ2v) is 8.28. The number of phenolic OH excluding ortho intramolecular Hbond substituents is 1. The van der Waals surface area contributed by atoms with Crippen molar-refractivity contribution in [3.63, 3.8) is 0 Å². The van der Waals surface area contributed by atoms with Gasteiger partial charge in [-0.05, 0) is 32.4 Å². The molecule has 0 radical (unpaired) electrons. The maximum Gasteiger partial charge on any atom is 0.408 e. The number of aromatic hydroxyl groups is 1. The monoisotopic (exact) mass is 488 g/mol. The Morgan fingerprint density at radius 3 is 2.51 bits per heavy atom. The lowest BCUT2D eigenvalue weighted by atomic mass is 10.2. The molecule has 35 heavy (non-hydrogen) atoms. The highest BCUT2D eigenvalue weighted by Crippen LogP contribution is 2.36. The van der Waals surface area contributed by atoms with E-state index in [1.165, 1.54) is 13.2 Å². The molecular formula is C23H28N4O8. The first-order valence-electron chi connectivity index (χ1n) is 10.5. The summed E-state index contributed by atoms with van der Waals surface area (Å²) in [7, 11) is 1.24. The van der Waals surface area contributed by atoms with Crippen molar-refractivity contribution in [3.05, 3.63) is 63.7 Å². The molecule has 0 spiro atoms. The molecule has 2 rings (SSSR count). The maximum atomic E-state index is 12.7. The quantitative estimate of drug-likeness (QED) is 0.261. The minimum absolute atomic E-state index is 0.134. The van der Waals surface area contributed by atoms with Crippen molar-refractivity contribution >= 4 is 23.9 Å². The number of rotatable bonds is 10. The number of methoxy groups -OCH3 is 1. The first-order valence-corrected chi connectivity index (χ1v) is 10.5. The van der Waals surface area contributed by atoms with Crippen LogP contribution in [0, 0.1) is 10.1 Å². The van der Waals surface area contributed by atoms with Gasteiger partial charge in [0.2, 0.25) is 5.75 Å². The van der Waals surface area contributed by atoms with Gasteiger partial charge in [0.15, 0.2) is 5.75 Å². The van der Waals surface area contributed by atoms with Crippen LogP contribution in [-0.2, 0) is 20.9 Å². The van der Waals surface area contributed by atoms with Crippen molar-refractivity contribution in [3.8, 4) is 11.5 Å². The average molecular weight is 488 g/mol. The number of alkyl carbamates (subject to hydrolysis) is 1. The number of phenols is 1. The molecule has 1 atom stereocenters. The number of hydrazone groups is 1. The number of ether oxygens (including phenoxy) is 3. The van der Waals surface area contributed by atoms with Crippen LogP contribution in [0.25, 0.3) is 0 Å². The van der Waals surface area contributed by atoms with Crippen LogP contribution in [0.3, 0.4) is 0 Å². The summed E-state index contributed by atoms with van der Waals surface area (Å²) in [5, 5.41) is 27.2. The normalized spacial score (nSPS) is 12.1. The fraction of sp³-hybridized carbons (Fsp3) is 0.348. The van der Waals surface area contributed by atoms with E-state index in [4.69, 9.17) is 14.2 Å². The van der Waals surface area contributed by atoms with E-state index < -0.39 is 40.0 Å². The zero-order chi connectivity index (χ0) is 26.0. The molecule has 0 saturated carbocycles. The van der Waals surface area contributed by atoms with E-state index in [2.05, 4.69) is 15.8 Å². The number of nitro groups is 1. The Bertz CT molecular complexity index is 1070. The van der Waals surface area contributed by atoms with Crippen molar-refractivity contribution in [1.82, 2.24) is 10.7 Å². The zero-order valence-corrected chi connectivity index (χ0v) is 19.8. The third kappa shape index (κ3) is 8.93. The summed E-state index contributed by atoms with van der Waals surface area (Å²) in [6.07, 6.45) is 0.311. The van der Waals surface area contributed by atoms with Crippen molar-refractivity contribution in [2.75, 3.05) is 13.7 Å². The van der Waals surface area contributed by atoms with E-state index in [1.54, 1.807) is 20.8 Å². The Balaban J connectivity index is 2.10. The van der Waals surface area contributed by atoms with Gasteiger partial charge in [-0.15, -0.1) is 0 Å². The van der Waals surface area contributed by atoms with Crippen molar-refractivity contribution in [1.29, 1.82) is 0 Å². The lowest BCUT2D eigenvalue weighted by molar-refractivity contribution is -0.386. The van der Waals surface area contributed by atoms with Crippen molar-refractivity contribution in [2.45, 2.75) is 39.0 Å². The average Bonchev–Trinajstić information content (AvgIpc) is 2.78. The van der Waals surface area contributed by atoms with Gasteiger partial charge in [-0.2, -0.15) is 5.10 Å². The molecule has 0 unspecified atom stereocenters. The van der Waals surface area contributed by atoms with Gasteiger partial charge in [0.25, 0.3) is 5.91 Å². The molecule has 2 amide bonds. The van der Waals surface area contributed by atoms with Crippen molar-refractivity contribution in [2.24, 2.45) is 5.10 Å². The highest BCUT2D eigenvalue weighted by Gasteiger charge is 2.25. The van der Waals surface area contributed by atoms with Gasteiger partial charge in [0.1, 0.15) is 11.6 Å². The molecule has 0 saturated heterocycles. The molecule has 12 heteroatoms. The lowest BCUT2D eigenvalue weighted by Gasteiger charge is -2.22. The van der Waals surface area contributed by atoms with Gasteiger partial charge < -0.3 is 24.6 Å². The number of nitrogens with zero attached hydrogens (tertiary/aromatic N) is 2. The third-order valence-corrected chi connectivity index (χ3v) is 4.29. The molecule has 2 aromatic rings. The number of carbonyl (C=O) groups excluding carboxylic acids is 2. The predicted octanol–water partition coefficient (Wildman–Crippen LogP) is 2.87. The van der Waals surface area contributed by atoms with Gasteiger partial charge >= 0.3 is 11.8 Å². The molecule has 0 aromatic heterocycles. The van der Waals surface area contributed by atoms with Crippen LogP contribution in [0.15, 0.2) is 47.6 Å². The molecule has 0 aliphatic heterocycles. The summed E-state index contributed by atoms with van der Waals surface area (Å²) in [4.78, 5) is 35.2. The van der Waals surface area contributed by atoms with E-state index in [0.29, 0.717) is 0 Å². The summed E-state index contributed by atoms with van der Waals surface area (Å²) >= 11 is 0. The molecule has 12 nitrogen and oxygen atoms in total. The first-order chi connectivity index (χ1) is 16.5. The van der Waals surface area contributed by atoms with E-state index in [0.717, 1.165) is 17.8 Å². The highest BCUT2D eigenvalue weighted by molar-refractivity contribution is 5.88. The Morgan fingerprint density at radius 2 is 1.91 bits per heavy atom. The number of benzene rings is 2. The molecule has 3 N–H and O–H groups in total. The molecule has 0 fully saturated rings. The lowest BCUT2D eigenvalue weighted by Crippen LogP contribution is -2.49. The fourth-order valence-electron chi connectivity index (χ4n) is 2.73. The van der Waals surface area contributed by atoms with Crippen LogP contribution in [0.1, 0.15) is 31.9 Å². The van der Waals surface area contributed by atoms with Gasteiger partial charge in [-0.3, -0.25) is 14.9 Å². The number of nitrogens with one attached hydrogen (secondary N) is 2. The van der Waals surface area contributed by atoms with E-state index in [-0.39, 0.29) is 24.5 Å². The van der Waals surface area contributed by atoms with Crippen LogP contribution in [0.2, 0.25) is 0 Å². The predicted molar refractivity (Wildman–Crippen MR) is 126 cm³/mol. The molecule has 2 aromatic carbocycles. The topological polar surface area (TPSA) is 162 Å². The molecule has 0 bridgehead atoms. The molecule has 188 valence electrons. The Morgan fingerprint density at radius 1 is 1.23 bits per heavy atom. The first kappa shape index (κ1) is 27.1. The number of amides is 2. The minimum Gasteiger partial charge on any atom is -0.500 e. The van der Waals surface area contributed by atoms with Crippen LogP contribution in [0.5, 0.6) is 11.5 Å². The van der Waals surface area contributed by atoms with E-state index in [1.807, 2.05) is 30.3 Å². The standard InChI is InChI=1S/C23H28N4O8/c1-23(2,3)35-22(30)25-17(14-34-13-15-8-6-5-7-9-15)21(29)26-24-12-16-10-18(27(31)32)20(28)19(11-16)33-4/h5-12,17,28H,13-14H2,1-4H3,(H,25,30)(H,26,29)/b24-12-/t17-/m0/s1. The zero-order valence-electron chi connectivity index (χ0n) is 19.8. The second kappa shape index (κ2) is 12.3. The number of hydrogen-bond acceptors (Lipinski definition) is 9. The molecular weight excluding hydrogens is 460 g/mol. The van der Waals surface area contributed by atoms with Crippen LogP contribution >= 0.6 is 0 Å². The summed E-state index contributed by atoms with van der Waals surface area (Å²) in [5.41, 5.74) is 1.96. The minimum atomic E-state index is -1.14. The van der Waals surface area contributed by atoms with Crippen LogP contribution in [0.4, 0.5) is 10.5 Å². The summed E-state index contributed by atoms with van der Waals surface area (Å²) in [6, 6.07) is 10.5. The van der Waals surface area contributed by atoms with E-state index in [9.17, 15) is 24.8 Å². The second-order valence-electron chi connectivity index (χ2n) is 8.28. The molecule has 0 heterocycles. The number of carbonyl (C=O) groups is 2. The third-order valence-electron chi connectivity index (χ3n) is 4.29. The summed E-state index contributed by atoms with van der Waals surface area (Å²) < 4.78 is 15.7. The molecule has 0 aliphatic carbocycles. The fourth-order valence-corrected chi connectivity index (χ4v) is 2.73. The summed E-state index contributed by atoms with van der Waals surface area (Å²) in [5.74, 6) is -1.47. The van der Waals surface area contributed by atoms with Crippen LogP contribution in [-0.4, -0.2) is 53.6 Å². The summed E-state index contributed by atoms with van der Waals surface area (Å²) in [6.45, 7) is 5.09.